The van der Waals surface area contributed by atoms with Gasteiger partial charge in [-0.3, -0.25) is 0 Å². The molecule has 1 heterocycles. The highest BCUT2D eigenvalue weighted by Gasteiger charge is 2.12. The molecule has 0 amide bonds. The van der Waals surface area contributed by atoms with Crippen LogP contribution >= 0.6 is 0 Å². The molecule has 0 saturated carbocycles. The second-order valence-corrected chi connectivity index (χ2v) is 3.53. The highest BCUT2D eigenvalue weighted by Crippen LogP contribution is 2.05. The molecule has 0 spiro atoms. The van der Waals surface area contributed by atoms with Crippen LogP contribution in [-0.4, -0.2) is 37.5 Å². The molecule has 2 N–H and O–H groups in total. The zero-order valence-corrected chi connectivity index (χ0v) is 8.25. The maximum Gasteiger partial charge on any atom is 0.0619 e. The van der Waals surface area contributed by atoms with Crippen LogP contribution in [0, 0.1) is 0 Å². The van der Waals surface area contributed by atoms with E-state index in [2.05, 4.69) is 5.32 Å². The average Bonchev–Trinajstić information content (AvgIpc) is 2.17. The third-order valence-corrected chi connectivity index (χ3v) is 2.27. The van der Waals surface area contributed by atoms with Crippen LogP contribution < -0.4 is 5.32 Å². The van der Waals surface area contributed by atoms with Crippen LogP contribution in [0.25, 0.3) is 0 Å². The Morgan fingerprint density at radius 3 is 3.15 bits per heavy atom. The van der Waals surface area contributed by atoms with E-state index < -0.39 is 0 Å². The van der Waals surface area contributed by atoms with Crippen molar-refractivity contribution in [1.29, 1.82) is 0 Å². The Kier molecular flexibility index (Phi) is 5.05. The Morgan fingerprint density at radius 2 is 2.54 bits per heavy atom. The van der Waals surface area contributed by atoms with Crippen molar-refractivity contribution in [2.75, 3.05) is 26.4 Å². The van der Waals surface area contributed by atoms with Crippen LogP contribution in [0.1, 0.15) is 19.8 Å². The third-order valence-electron chi connectivity index (χ3n) is 2.27. The summed E-state index contributed by atoms with van der Waals surface area (Å²) in [4.78, 5) is 0. The minimum absolute atomic E-state index is 0.134. The molecule has 76 valence electrons. The lowest BCUT2D eigenvalue weighted by molar-refractivity contribution is 0.0715. The quantitative estimate of drug-likeness (QED) is 0.633. The molecule has 0 bridgehead atoms. The standard InChI is InChI=1S/C10H19NO2/c1-9(4-5-12)7-11-10-3-2-6-13-8-10/h4,10-12H,2-3,5-8H2,1H3/b9-4+. The number of rotatable bonds is 4. The number of nitrogens with one attached hydrogen (secondary N) is 1. The summed E-state index contributed by atoms with van der Waals surface area (Å²) >= 11 is 0. The van der Waals surface area contributed by atoms with Gasteiger partial charge < -0.3 is 15.2 Å². The first-order chi connectivity index (χ1) is 6.33. The number of hydrogen-bond acceptors (Lipinski definition) is 3. The Balaban J connectivity index is 2.13. The predicted octanol–water partition coefficient (Wildman–Crippen LogP) is 0.694. The Labute approximate surface area is 79.8 Å². The van der Waals surface area contributed by atoms with Crippen molar-refractivity contribution < 1.29 is 9.84 Å². The van der Waals surface area contributed by atoms with Crippen molar-refractivity contribution in [3.8, 4) is 0 Å². The van der Waals surface area contributed by atoms with Crippen molar-refractivity contribution in [2.45, 2.75) is 25.8 Å². The van der Waals surface area contributed by atoms with Crippen molar-refractivity contribution in [3.05, 3.63) is 11.6 Å². The summed E-state index contributed by atoms with van der Waals surface area (Å²) in [6, 6.07) is 0.496. The largest absolute Gasteiger partial charge is 0.392 e. The van der Waals surface area contributed by atoms with Crippen molar-refractivity contribution in [1.82, 2.24) is 5.32 Å². The summed E-state index contributed by atoms with van der Waals surface area (Å²) in [5.74, 6) is 0. The molecular formula is C10H19NO2. The first-order valence-corrected chi connectivity index (χ1v) is 4.90. The number of aliphatic hydroxyl groups is 1. The molecule has 13 heavy (non-hydrogen) atoms. The highest BCUT2D eigenvalue weighted by atomic mass is 16.5. The average molecular weight is 185 g/mol. The van der Waals surface area contributed by atoms with Gasteiger partial charge in [0.2, 0.25) is 0 Å². The number of hydrogen-bond donors (Lipinski definition) is 2. The summed E-state index contributed by atoms with van der Waals surface area (Å²) in [5.41, 5.74) is 1.19. The van der Waals surface area contributed by atoms with Gasteiger partial charge in [0.1, 0.15) is 0 Å². The van der Waals surface area contributed by atoms with E-state index in [4.69, 9.17) is 9.84 Å². The van der Waals surface area contributed by atoms with Gasteiger partial charge in [0, 0.05) is 19.2 Å². The van der Waals surface area contributed by atoms with Crippen LogP contribution in [0.15, 0.2) is 11.6 Å². The summed E-state index contributed by atoms with van der Waals surface area (Å²) in [6.07, 6.45) is 4.18. The summed E-state index contributed by atoms with van der Waals surface area (Å²) < 4.78 is 5.34. The zero-order valence-electron chi connectivity index (χ0n) is 8.25. The second-order valence-electron chi connectivity index (χ2n) is 3.53. The summed E-state index contributed by atoms with van der Waals surface area (Å²) in [6.45, 7) is 4.74. The number of ether oxygens (including phenoxy) is 1. The molecule has 0 radical (unpaired) electrons. The van der Waals surface area contributed by atoms with Crippen LogP contribution in [0.3, 0.4) is 0 Å². The minimum atomic E-state index is 0.134. The Hall–Kier alpha value is -0.380. The molecule has 1 aliphatic rings. The monoisotopic (exact) mass is 185 g/mol. The molecule has 3 nitrogen and oxygen atoms in total. The fourth-order valence-corrected chi connectivity index (χ4v) is 1.44. The van der Waals surface area contributed by atoms with E-state index >= 15 is 0 Å². The molecule has 1 saturated heterocycles. The smallest absolute Gasteiger partial charge is 0.0619 e. The van der Waals surface area contributed by atoms with Gasteiger partial charge in [0.05, 0.1) is 13.2 Å². The van der Waals surface area contributed by atoms with Crippen molar-refractivity contribution in [3.63, 3.8) is 0 Å². The second kappa shape index (κ2) is 6.13. The van der Waals surface area contributed by atoms with Gasteiger partial charge >= 0.3 is 0 Å². The van der Waals surface area contributed by atoms with E-state index in [1.807, 2.05) is 13.0 Å². The van der Waals surface area contributed by atoms with Crippen LogP contribution in [0.4, 0.5) is 0 Å². The Bertz CT molecular complexity index is 162. The predicted molar refractivity (Wildman–Crippen MR) is 52.7 cm³/mol. The van der Waals surface area contributed by atoms with Crippen LogP contribution in [0.2, 0.25) is 0 Å². The van der Waals surface area contributed by atoms with E-state index in [1.165, 1.54) is 12.0 Å². The fourth-order valence-electron chi connectivity index (χ4n) is 1.44. The van der Waals surface area contributed by atoms with Gasteiger partial charge in [0.25, 0.3) is 0 Å². The first-order valence-electron chi connectivity index (χ1n) is 4.90. The lowest BCUT2D eigenvalue weighted by Crippen LogP contribution is -2.37. The molecular weight excluding hydrogens is 166 g/mol. The Morgan fingerprint density at radius 1 is 1.69 bits per heavy atom. The fraction of sp³-hybridized carbons (Fsp3) is 0.800. The van der Waals surface area contributed by atoms with E-state index in [1.54, 1.807) is 0 Å². The van der Waals surface area contributed by atoms with Gasteiger partial charge in [-0.1, -0.05) is 11.6 Å². The van der Waals surface area contributed by atoms with Crippen molar-refractivity contribution >= 4 is 0 Å². The van der Waals surface area contributed by atoms with Gasteiger partial charge in [-0.2, -0.15) is 0 Å². The third kappa shape index (κ3) is 4.41. The molecule has 0 aromatic rings. The minimum Gasteiger partial charge on any atom is -0.392 e. The zero-order chi connectivity index (χ0) is 9.52. The van der Waals surface area contributed by atoms with E-state index in [0.717, 1.165) is 26.2 Å². The lowest BCUT2D eigenvalue weighted by atomic mass is 10.1. The van der Waals surface area contributed by atoms with E-state index in [9.17, 15) is 0 Å². The summed E-state index contributed by atoms with van der Waals surface area (Å²) in [5, 5.41) is 12.0. The van der Waals surface area contributed by atoms with E-state index in [-0.39, 0.29) is 6.61 Å². The molecule has 0 aromatic heterocycles. The first kappa shape index (κ1) is 10.7. The van der Waals surface area contributed by atoms with Gasteiger partial charge in [-0.05, 0) is 19.8 Å². The number of aliphatic hydroxyl groups excluding tert-OH is 1. The summed E-state index contributed by atoms with van der Waals surface area (Å²) in [7, 11) is 0. The molecule has 1 aliphatic heterocycles. The van der Waals surface area contributed by atoms with Crippen LogP contribution in [0.5, 0.6) is 0 Å². The maximum absolute atomic E-state index is 8.64. The lowest BCUT2D eigenvalue weighted by Gasteiger charge is -2.23. The highest BCUT2D eigenvalue weighted by molar-refractivity contribution is 5.00. The molecule has 1 fully saturated rings. The molecule has 1 atom stereocenters. The molecule has 0 aromatic carbocycles. The molecule has 3 heteroatoms. The van der Waals surface area contributed by atoms with Gasteiger partial charge in [0.15, 0.2) is 0 Å². The van der Waals surface area contributed by atoms with Gasteiger partial charge in [-0.15, -0.1) is 0 Å². The topological polar surface area (TPSA) is 41.5 Å². The van der Waals surface area contributed by atoms with Gasteiger partial charge in [-0.25, -0.2) is 0 Å². The maximum atomic E-state index is 8.64. The van der Waals surface area contributed by atoms with E-state index in [0.29, 0.717) is 6.04 Å². The SMILES string of the molecule is C/C(=C\CO)CNC1CCCOC1. The molecule has 1 unspecified atom stereocenters. The van der Waals surface area contributed by atoms with Crippen LogP contribution in [-0.2, 0) is 4.74 Å². The molecule has 1 rings (SSSR count). The molecule has 0 aliphatic carbocycles. The van der Waals surface area contributed by atoms with Crippen molar-refractivity contribution in [2.24, 2.45) is 0 Å². The normalized spacial score (nSPS) is 24.8.